The number of hydrogen-bond donors (Lipinski definition) is 2. The molecule has 3 fully saturated rings. The van der Waals surface area contributed by atoms with Crippen LogP contribution in [0.3, 0.4) is 0 Å². The Morgan fingerprint density at radius 1 is 0.942 bits per heavy atom. The number of hydrogen-bond acceptors (Lipinski definition) is 7. The van der Waals surface area contributed by atoms with Crippen LogP contribution in [0.5, 0.6) is 5.75 Å². The number of carbonyl (C=O) groups excluding carboxylic acids is 2. The molecule has 1 aliphatic carbocycles. The van der Waals surface area contributed by atoms with Gasteiger partial charge in [-0.2, -0.15) is 0 Å². The van der Waals surface area contributed by atoms with Crippen LogP contribution in [0.4, 0.5) is 0 Å². The van der Waals surface area contributed by atoms with Crippen molar-refractivity contribution in [3.05, 3.63) is 85.3 Å². The number of nitrogens with zero attached hydrogens (tertiary/aromatic N) is 3. The monoisotopic (exact) mass is 727 g/mol. The van der Waals surface area contributed by atoms with Crippen molar-refractivity contribution in [3.63, 3.8) is 0 Å². The highest BCUT2D eigenvalue weighted by atomic mass is 35.5. The van der Waals surface area contributed by atoms with E-state index in [-0.39, 0.29) is 23.4 Å². The fourth-order valence-electron chi connectivity index (χ4n) is 9.24. The lowest BCUT2D eigenvalue weighted by Gasteiger charge is -2.41. The molecule has 2 amide bonds. The van der Waals surface area contributed by atoms with Crippen molar-refractivity contribution in [1.29, 1.82) is 0 Å². The van der Waals surface area contributed by atoms with Crippen LogP contribution < -0.4 is 20.9 Å². The van der Waals surface area contributed by atoms with Crippen LogP contribution in [-0.2, 0) is 42.6 Å². The van der Waals surface area contributed by atoms with Gasteiger partial charge in [-0.3, -0.25) is 24.6 Å². The van der Waals surface area contributed by atoms with E-state index in [1.54, 1.807) is 18.7 Å². The summed E-state index contributed by atoms with van der Waals surface area (Å²) in [6.07, 6.45) is 12.2. The number of piperidine rings is 2. The molecule has 52 heavy (non-hydrogen) atoms. The topological polar surface area (TPSA) is 95.9 Å². The first-order valence-corrected chi connectivity index (χ1v) is 19.6. The van der Waals surface area contributed by atoms with Crippen LogP contribution in [0.25, 0.3) is 11.1 Å². The normalized spacial score (nSPS) is 23.4. The summed E-state index contributed by atoms with van der Waals surface area (Å²) in [6.45, 7) is 8.79. The second kappa shape index (κ2) is 15.8. The van der Waals surface area contributed by atoms with Crippen LogP contribution >= 0.6 is 11.6 Å². The summed E-state index contributed by atoms with van der Waals surface area (Å²) < 4.78 is 7.54. The molecule has 278 valence electrons. The molecule has 2 aromatic carbocycles. The van der Waals surface area contributed by atoms with Gasteiger partial charge in [-0.05, 0) is 131 Å². The molecule has 9 nitrogen and oxygen atoms in total. The third kappa shape index (κ3) is 7.88. The van der Waals surface area contributed by atoms with Gasteiger partial charge in [0.1, 0.15) is 5.75 Å². The fourth-order valence-corrected chi connectivity index (χ4v) is 9.51. The maximum absolute atomic E-state index is 12.5. The largest absolute Gasteiger partial charge is 0.496 e. The van der Waals surface area contributed by atoms with Crippen LogP contribution in [0.1, 0.15) is 84.7 Å². The molecule has 4 aliphatic rings. The SMILES string of the molecule is COc1cc(-c2cn(C)c(=O)c(C)c2C)cc(Cl)c1CN1CCc2c(CC3CCN(C4CCC(NC5CCC(=O)NC5=O)CC4)CC3)cccc2C1. The van der Waals surface area contributed by atoms with E-state index in [9.17, 15) is 14.4 Å². The van der Waals surface area contributed by atoms with Crippen molar-refractivity contribution in [2.24, 2.45) is 13.0 Å². The zero-order valence-electron chi connectivity index (χ0n) is 31.2. The average molecular weight is 728 g/mol. The minimum atomic E-state index is -0.226. The van der Waals surface area contributed by atoms with E-state index in [1.807, 2.05) is 26.1 Å². The number of pyridine rings is 1. The van der Waals surface area contributed by atoms with Crippen molar-refractivity contribution < 1.29 is 14.3 Å². The van der Waals surface area contributed by atoms with Gasteiger partial charge in [0.05, 0.1) is 13.2 Å². The highest BCUT2D eigenvalue weighted by molar-refractivity contribution is 6.32. The smallest absolute Gasteiger partial charge is 0.253 e. The van der Waals surface area contributed by atoms with Gasteiger partial charge >= 0.3 is 0 Å². The Morgan fingerprint density at radius 2 is 1.71 bits per heavy atom. The van der Waals surface area contributed by atoms with Crippen LogP contribution in [-0.4, -0.2) is 71.1 Å². The average Bonchev–Trinajstić information content (AvgIpc) is 3.15. The van der Waals surface area contributed by atoms with Gasteiger partial charge in [0.15, 0.2) is 0 Å². The van der Waals surface area contributed by atoms with Crippen LogP contribution in [0.15, 0.2) is 41.3 Å². The second-order valence-electron chi connectivity index (χ2n) is 15.7. The van der Waals surface area contributed by atoms with Gasteiger partial charge in [0, 0.05) is 73.1 Å². The number of nitrogens with one attached hydrogen (secondary N) is 2. The summed E-state index contributed by atoms with van der Waals surface area (Å²) in [5.41, 5.74) is 9.15. The number of amides is 2. The van der Waals surface area contributed by atoms with E-state index in [4.69, 9.17) is 16.3 Å². The number of rotatable bonds is 9. The molecule has 3 aromatic rings. The number of imide groups is 1. The van der Waals surface area contributed by atoms with Crippen molar-refractivity contribution >= 4 is 23.4 Å². The Labute approximate surface area is 313 Å². The van der Waals surface area contributed by atoms with Crippen molar-refractivity contribution in [1.82, 2.24) is 25.0 Å². The zero-order chi connectivity index (χ0) is 36.5. The molecule has 2 N–H and O–H groups in total. The van der Waals surface area contributed by atoms with Gasteiger partial charge < -0.3 is 19.5 Å². The quantitative estimate of drug-likeness (QED) is 0.267. The zero-order valence-corrected chi connectivity index (χ0v) is 32.0. The third-order valence-corrected chi connectivity index (χ3v) is 12.8. The lowest BCUT2D eigenvalue weighted by Crippen LogP contribution is -2.54. The number of halogens is 1. The van der Waals surface area contributed by atoms with Gasteiger partial charge in [-0.15, -0.1) is 0 Å². The predicted octanol–water partition coefficient (Wildman–Crippen LogP) is 5.85. The summed E-state index contributed by atoms with van der Waals surface area (Å²) in [5.74, 6) is 1.18. The molecule has 10 heteroatoms. The van der Waals surface area contributed by atoms with Crippen molar-refractivity contribution in [2.45, 2.75) is 109 Å². The number of likely N-dealkylation sites (tertiary alicyclic amines) is 1. The lowest BCUT2D eigenvalue weighted by atomic mass is 9.83. The molecule has 7 rings (SSSR count). The molecule has 0 spiro atoms. The summed E-state index contributed by atoms with van der Waals surface area (Å²) in [7, 11) is 3.49. The van der Waals surface area contributed by atoms with E-state index >= 15 is 0 Å². The molecule has 1 aromatic heterocycles. The first-order valence-electron chi connectivity index (χ1n) is 19.3. The van der Waals surface area contributed by atoms with Crippen molar-refractivity contribution in [2.75, 3.05) is 26.7 Å². The molecule has 4 heterocycles. The van der Waals surface area contributed by atoms with E-state index in [0.717, 1.165) is 72.3 Å². The van der Waals surface area contributed by atoms with Gasteiger partial charge in [-0.1, -0.05) is 29.8 Å². The van der Waals surface area contributed by atoms with E-state index in [2.05, 4.69) is 44.7 Å². The molecule has 0 bridgehead atoms. The molecule has 3 aliphatic heterocycles. The molecular formula is C42H54ClN5O4. The second-order valence-corrected chi connectivity index (χ2v) is 16.1. The highest BCUT2D eigenvalue weighted by Gasteiger charge is 2.33. The number of aromatic nitrogens is 1. The first-order chi connectivity index (χ1) is 25.1. The number of aryl methyl sites for hydroxylation is 1. The lowest BCUT2D eigenvalue weighted by molar-refractivity contribution is -0.135. The number of carbonyl (C=O) groups is 2. The summed E-state index contributed by atoms with van der Waals surface area (Å²) >= 11 is 6.99. The molecule has 1 saturated carbocycles. The predicted molar refractivity (Wildman–Crippen MR) is 206 cm³/mol. The van der Waals surface area contributed by atoms with Crippen LogP contribution in [0.2, 0.25) is 5.02 Å². The van der Waals surface area contributed by atoms with Crippen molar-refractivity contribution in [3.8, 4) is 16.9 Å². The summed E-state index contributed by atoms with van der Waals surface area (Å²) in [4.78, 5) is 41.4. The summed E-state index contributed by atoms with van der Waals surface area (Å²) in [6, 6.07) is 11.8. The molecule has 0 radical (unpaired) electrons. The van der Waals surface area contributed by atoms with Gasteiger partial charge in [-0.25, -0.2) is 0 Å². The van der Waals surface area contributed by atoms with Gasteiger partial charge in [0.2, 0.25) is 11.8 Å². The standard InChI is InChI=1S/C42H54ClN5O4/c1-26-27(2)42(51)46(3)24-35(26)31-21-37(43)36(39(22-31)52-4)25-47-17-16-34-29(6-5-7-30(34)23-47)20-28-14-18-48(19-15-28)33-10-8-32(9-11-33)44-38-12-13-40(49)45-41(38)50/h5-7,21-22,24,28,32-33,38,44H,8-20,23,25H2,1-4H3,(H,45,49,50). The first kappa shape index (κ1) is 36.8. The molecule has 2 saturated heterocycles. The Hall–Kier alpha value is -3.50. The maximum atomic E-state index is 12.5. The Balaban J connectivity index is 0.925. The molecular weight excluding hydrogens is 674 g/mol. The van der Waals surface area contributed by atoms with E-state index in [1.165, 1.54) is 55.5 Å². The maximum Gasteiger partial charge on any atom is 0.253 e. The third-order valence-electron chi connectivity index (χ3n) is 12.5. The Kier molecular flexibility index (Phi) is 11.2. The summed E-state index contributed by atoms with van der Waals surface area (Å²) in [5, 5.41) is 6.70. The molecule has 1 unspecified atom stereocenters. The highest BCUT2D eigenvalue weighted by Crippen LogP contribution is 2.37. The molecule has 1 atom stereocenters. The van der Waals surface area contributed by atoms with E-state index < -0.39 is 0 Å². The number of fused-ring (bicyclic) bond motifs is 1. The number of methoxy groups -OCH3 is 1. The minimum Gasteiger partial charge on any atom is -0.496 e. The Bertz CT molecular complexity index is 1870. The fraction of sp³-hybridized carbons (Fsp3) is 0.548. The minimum absolute atomic E-state index is 0.0170. The number of benzene rings is 2. The Morgan fingerprint density at radius 3 is 2.44 bits per heavy atom. The van der Waals surface area contributed by atoms with Gasteiger partial charge in [0.25, 0.3) is 5.56 Å². The van der Waals surface area contributed by atoms with E-state index in [0.29, 0.717) is 42.4 Å². The van der Waals surface area contributed by atoms with Crippen LogP contribution in [0, 0.1) is 19.8 Å². The number of ether oxygens (including phenoxy) is 1.